The minimum Gasteiger partial charge on any atom is -0.365 e. The molecule has 1 aliphatic rings. The third kappa shape index (κ3) is 4.04. The van der Waals surface area contributed by atoms with E-state index < -0.39 is 31.5 Å². The van der Waals surface area contributed by atoms with Crippen LogP contribution in [0, 0.1) is 0 Å². The average molecular weight is 371 g/mol. The van der Waals surface area contributed by atoms with Crippen molar-refractivity contribution in [1.29, 1.82) is 0 Å². The summed E-state index contributed by atoms with van der Waals surface area (Å²) in [7, 11) is 0. The molecule has 1 amide bonds. The highest BCUT2D eigenvalue weighted by atomic mass is 19.3. The van der Waals surface area contributed by atoms with Crippen molar-refractivity contribution >= 4 is 5.91 Å². The lowest BCUT2D eigenvalue weighted by Gasteiger charge is -2.26. The highest BCUT2D eigenvalue weighted by molar-refractivity contribution is 5.77. The first-order valence-electron chi connectivity index (χ1n) is 8.01. The van der Waals surface area contributed by atoms with Crippen LogP contribution >= 0.6 is 0 Å². The molecule has 1 aromatic carbocycles. The first kappa shape index (κ1) is 18.4. The van der Waals surface area contributed by atoms with Crippen LogP contribution in [0.5, 0.6) is 0 Å². The summed E-state index contributed by atoms with van der Waals surface area (Å²) in [5.41, 5.74) is 2.52. The van der Waals surface area contributed by atoms with Gasteiger partial charge in [-0.05, 0) is 0 Å². The topological polar surface area (TPSA) is 58.2 Å². The van der Waals surface area contributed by atoms with Crippen LogP contribution in [0.3, 0.4) is 0 Å². The molecule has 0 atom stereocenters. The molecule has 2 aromatic rings. The summed E-state index contributed by atoms with van der Waals surface area (Å²) in [6.45, 7) is -1.56. The van der Waals surface area contributed by atoms with Gasteiger partial charge < -0.3 is 14.6 Å². The molecule has 0 saturated carbocycles. The SMILES string of the molecule is O=C(COCC(F)(F)C(F)F)N1CCc2nc(-c3ccccc3)[nH]c2C1. The van der Waals surface area contributed by atoms with Gasteiger partial charge in [-0.25, -0.2) is 13.8 Å². The zero-order chi connectivity index (χ0) is 18.7. The number of aromatic nitrogens is 2. The fourth-order valence-electron chi connectivity index (χ4n) is 2.67. The van der Waals surface area contributed by atoms with Gasteiger partial charge in [0.2, 0.25) is 5.91 Å². The average Bonchev–Trinajstić information content (AvgIpc) is 3.05. The number of carbonyl (C=O) groups is 1. The Morgan fingerprint density at radius 1 is 1.31 bits per heavy atom. The maximum Gasteiger partial charge on any atom is 0.330 e. The van der Waals surface area contributed by atoms with Crippen LogP contribution in [0.1, 0.15) is 11.4 Å². The van der Waals surface area contributed by atoms with E-state index in [0.717, 1.165) is 17.0 Å². The first-order valence-corrected chi connectivity index (χ1v) is 8.01. The molecule has 0 saturated heterocycles. The number of halogens is 4. The molecule has 0 unspecified atom stereocenters. The van der Waals surface area contributed by atoms with E-state index in [9.17, 15) is 22.4 Å². The molecule has 0 radical (unpaired) electrons. The number of fused-ring (bicyclic) bond motifs is 1. The monoisotopic (exact) mass is 371 g/mol. The Hall–Kier alpha value is -2.42. The zero-order valence-corrected chi connectivity index (χ0v) is 13.7. The quantitative estimate of drug-likeness (QED) is 0.795. The molecule has 0 fully saturated rings. The first-order chi connectivity index (χ1) is 12.4. The molecule has 9 heteroatoms. The van der Waals surface area contributed by atoms with Crippen LogP contribution in [0.25, 0.3) is 11.4 Å². The van der Waals surface area contributed by atoms with Crippen LogP contribution in [0.2, 0.25) is 0 Å². The van der Waals surface area contributed by atoms with E-state index in [-0.39, 0.29) is 6.54 Å². The Morgan fingerprint density at radius 2 is 2.04 bits per heavy atom. The number of aromatic amines is 1. The summed E-state index contributed by atoms with van der Waals surface area (Å²) in [5, 5.41) is 0. The van der Waals surface area contributed by atoms with Crippen molar-refractivity contribution in [1.82, 2.24) is 14.9 Å². The molecule has 5 nitrogen and oxygen atoms in total. The Bertz CT molecular complexity index is 765. The van der Waals surface area contributed by atoms with Gasteiger partial charge in [0.15, 0.2) is 0 Å². The van der Waals surface area contributed by atoms with Gasteiger partial charge in [-0.2, -0.15) is 8.78 Å². The third-order valence-electron chi connectivity index (χ3n) is 4.07. The van der Waals surface area contributed by atoms with Gasteiger partial charge in [0.25, 0.3) is 0 Å². The summed E-state index contributed by atoms with van der Waals surface area (Å²) >= 11 is 0. The number of rotatable bonds is 6. The Morgan fingerprint density at radius 3 is 2.73 bits per heavy atom. The van der Waals surface area contributed by atoms with Crippen molar-refractivity contribution in [3.05, 3.63) is 41.7 Å². The number of hydrogen-bond acceptors (Lipinski definition) is 3. The normalized spacial score (nSPS) is 14.6. The summed E-state index contributed by atoms with van der Waals surface area (Å²) in [4.78, 5) is 21.2. The van der Waals surface area contributed by atoms with Crippen molar-refractivity contribution in [3.8, 4) is 11.4 Å². The second-order valence-corrected chi connectivity index (χ2v) is 6.00. The zero-order valence-electron chi connectivity index (χ0n) is 13.7. The van der Waals surface area contributed by atoms with E-state index in [1.54, 1.807) is 0 Å². The highest BCUT2D eigenvalue weighted by Gasteiger charge is 2.41. The lowest BCUT2D eigenvalue weighted by atomic mass is 10.1. The largest absolute Gasteiger partial charge is 0.365 e. The number of amides is 1. The van der Waals surface area contributed by atoms with E-state index in [4.69, 9.17) is 0 Å². The van der Waals surface area contributed by atoms with Gasteiger partial charge >= 0.3 is 12.3 Å². The fourth-order valence-corrected chi connectivity index (χ4v) is 2.67. The van der Waals surface area contributed by atoms with Crippen molar-refractivity contribution in [2.24, 2.45) is 0 Å². The molecule has 26 heavy (non-hydrogen) atoms. The molecular formula is C17H17F4N3O2. The van der Waals surface area contributed by atoms with E-state index in [1.165, 1.54) is 4.90 Å². The molecule has 1 aliphatic heterocycles. The minimum absolute atomic E-state index is 0.239. The number of benzene rings is 1. The number of hydrogen-bond donors (Lipinski definition) is 1. The molecule has 0 bridgehead atoms. The molecule has 0 aliphatic carbocycles. The summed E-state index contributed by atoms with van der Waals surface area (Å²) < 4.78 is 54.2. The number of carbonyl (C=O) groups excluding carboxylic acids is 1. The third-order valence-corrected chi connectivity index (χ3v) is 4.07. The van der Waals surface area contributed by atoms with E-state index in [1.807, 2.05) is 30.3 Å². The van der Waals surface area contributed by atoms with E-state index in [0.29, 0.717) is 18.8 Å². The number of nitrogens with one attached hydrogen (secondary N) is 1. The maximum absolute atomic E-state index is 12.8. The van der Waals surface area contributed by atoms with Crippen molar-refractivity contribution < 1.29 is 27.1 Å². The Kier molecular flexibility index (Phi) is 5.26. The summed E-state index contributed by atoms with van der Waals surface area (Å²) in [5.74, 6) is -4.10. The van der Waals surface area contributed by atoms with Crippen LogP contribution in [0.15, 0.2) is 30.3 Å². The van der Waals surface area contributed by atoms with Gasteiger partial charge in [-0.3, -0.25) is 4.79 Å². The van der Waals surface area contributed by atoms with Crippen LogP contribution in [-0.4, -0.2) is 52.9 Å². The molecule has 2 heterocycles. The number of H-pyrrole nitrogens is 1. The van der Waals surface area contributed by atoms with Gasteiger partial charge in [-0.1, -0.05) is 30.3 Å². The highest BCUT2D eigenvalue weighted by Crippen LogP contribution is 2.24. The standard InChI is InChI=1S/C17H17F4N3O2/c18-16(19)17(20,21)10-26-9-14(25)24-7-6-12-13(8-24)23-15(22-12)11-4-2-1-3-5-11/h1-5,16H,6-10H2,(H,22,23). The summed E-state index contributed by atoms with van der Waals surface area (Å²) in [6.07, 6.45) is -3.31. The van der Waals surface area contributed by atoms with Crippen molar-refractivity contribution in [2.45, 2.75) is 25.3 Å². The van der Waals surface area contributed by atoms with E-state index >= 15 is 0 Å². The Balaban J connectivity index is 1.58. The van der Waals surface area contributed by atoms with E-state index in [2.05, 4.69) is 14.7 Å². The summed E-state index contributed by atoms with van der Waals surface area (Å²) in [6, 6.07) is 9.48. The minimum atomic E-state index is -4.26. The molecule has 3 rings (SSSR count). The van der Waals surface area contributed by atoms with Crippen molar-refractivity contribution in [2.75, 3.05) is 19.8 Å². The van der Waals surface area contributed by atoms with Crippen LogP contribution in [-0.2, 0) is 22.5 Å². The van der Waals surface area contributed by atoms with Gasteiger partial charge in [-0.15, -0.1) is 0 Å². The van der Waals surface area contributed by atoms with Crippen LogP contribution < -0.4 is 0 Å². The fraction of sp³-hybridized carbons (Fsp3) is 0.412. The molecule has 1 aromatic heterocycles. The van der Waals surface area contributed by atoms with Crippen molar-refractivity contribution in [3.63, 3.8) is 0 Å². The Labute approximate surface area is 147 Å². The second kappa shape index (κ2) is 7.45. The molecule has 140 valence electrons. The molecular weight excluding hydrogens is 354 g/mol. The molecule has 0 spiro atoms. The lowest BCUT2D eigenvalue weighted by molar-refractivity contribution is -0.171. The lowest BCUT2D eigenvalue weighted by Crippen LogP contribution is -2.40. The maximum atomic E-state index is 12.8. The predicted molar refractivity (Wildman–Crippen MR) is 84.9 cm³/mol. The number of ether oxygens (including phenoxy) is 1. The smallest absolute Gasteiger partial charge is 0.330 e. The van der Waals surface area contributed by atoms with Crippen LogP contribution in [0.4, 0.5) is 17.6 Å². The number of nitrogens with zero attached hydrogens (tertiary/aromatic N) is 2. The second-order valence-electron chi connectivity index (χ2n) is 6.00. The number of imidazole rings is 1. The van der Waals surface area contributed by atoms with Gasteiger partial charge in [0.1, 0.15) is 19.0 Å². The number of alkyl halides is 4. The van der Waals surface area contributed by atoms with Gasteiger partial charge in [0, 0.05) is 18.5 Å². The van der Waals surface area contributed by atoms with Gasteiger partial charge in [0.05, 0.1) is 17.9 Å². The molecule has 1 N–H and O–H groups in total. The predicted octanol–water partition coefficient (Wildman–Crippen LogP) is 2.88.